The van der Waals surface area contributed by atoms with Gasteiger partial charge >= 0.3 is 0 Å². The van der Waals surface area contributed by atoms with E-state index in [2.05, 4.69) is 16.2 Å². The minimum Gasteiger partial charge on any atom is -0.493 e. The number of aromatic nitrogens is 3. The first-order valence-electron chi connectivity index (χ1n) is 10.9. The van der Waals surface area contributed by atoms with Crippen LogP contribution in [0.1, 0.15) is 36.2 Å². The number of rotatable bonds is 7. The Morgan fingerprint density at radius 1 is 1.15 bits per heavy atom. The molecule has 0 spiro atoms. The van der Waals surface area contributed by atoms with E-state index in [4.69, 9.17) is 19.0 Å². The largest absolute Gasteiger partial charge is 0.493 e. The molecule has 2 aromatic heterocycles. The highest BCUT2D eigenvalue weighted by Crippen LogP contribution is 2.37. The molecule has 1 fully saturated rings. The van der Waals surface area contributed by atoms with E-state index in [0.717, 1.165) is 40.2 Å². The molecule has 4 aromatic rings. The third-order valence-electron chi connectivity index (χ3n) is 5.83. The number of thiazole rings is 1. The number of hydrogen-bond acceptors (Lipinski definition) is 8. The summed E-state index contributed by atoms with van der Waals surface area (Å²) in [5, 5.41) is 5.07. The van der Waals surface area contributed by atoms with E-state index in [1.807, 2.05) is 29.2 Å². The van der Waals surface area contributed by atoms with Gasteiger partial charge in [0.25, 0.3) is 0 Å². The van der Waals surface area contributed by atoms with Gasteiger partial charge in [-0.15, -0.1) is 11.3 Å². The van der Waals surface area contributed by atoms with E-state index in [-0.39, 0.29) is 11.9 Å². The quantitative estimate of drug-likeness (QED) is 0.393. The molecular weight excluding hydrogens is 440 g/mol. The zero-order chi connectivity index (χ0) is 22.8. The van der Waals surface area contributed by atoms with E-state index >= 15 is 0 Å². The molecule has 8 nitrogen and oxygen atoms in total. The summed E-state index contributed by atoms with van der Waals surface area (Å²) in [4.78, 5) is 24.2. The van der Waals surface area contributed by atoms with E-state index in [0.29, 0.717) is 36.1 Å². The van der Waals surface area contributed by atoms with Crippen molar-refractivity contribution >= 4 is 27.5 Å². The van der Waals surface area contributed by atoms with Crippen molar-refractivity contribution in [2.24, 2.45) is 0 Å². The average Bonchev–Trinajstić information content (AvgIpc) is 3.60. The van der Waals surface area contributed by atoms with Gasteiger partial charge in [0.05, 0.1) is 30.5 Å². The molecule has 3 heterocycles. The van der Waals surface area contributed by atoms with Crippen molar-refractivity contribution in [3.63, 3.8) is 0 Å². The number of aryl methyl sites for hydroxylation is 1. The van der Waals surface area contributed by atoms with Crippen LogP contribution >= 0.6 is 11.3 Å². The van der Waals surface area contributed by atoms with Gasteiger partial charge in [0, 0.05) is 24.9 Å². The number of amides is 1. The second-order valence-corrected chi connectivity index (χ2v) is 8.91. The van der Waals surface area contributed by atoms with Gasteiger partial charge in [-0.3, -0.25) is 4.79 Å². The number of ether oxygens (including phenoxy) is 2. The summed E-state index contributed by atoms with van der Waals surface area (Å²) in [7, 11) is 3.16. The molecule has 5 rings (SSSR count). The highest BCUT2D eigenvalue weighted by molar-refractivity contribution is 7.18. The molecule has 1 aliphatic heterocycles. The van der Waals surface area contributed by atoms with Crippen LogP contribution < -0.4 is 9.47 Å². The summed E-state index contributed by atoms with van der Waals surface area (Å²) >= 11 is 1.67. The lowest BCUT2D eigenvalue weighted by Gasteiger charge is -2.22. The predicted molar refractivity (Wildman–Crippen MR) is 124 cm³/mol. The van der Waals surface area contributed by atoms with Crippen molar-refractivity contribution in [3.05, 3.63) is 53.4 Å². The van der Waals surface area contributed by atoms with Crippen LogP contribution in [0.15, 0.2) is 47.0 Å². The van der Waals surface area contributed by atoms with Crippen molar-refractivity contribution in [2.45, 2.75) is 31.7 Å². The Kier molecular flexibility index (Phi) is 5.95. The maximum absolute atomic E-state index is 13.0. The second kappa shape index (κ2) is 9.19. The number of methoxy groups -OCH3 is 2. The van der Waals surface area contributed by atoms with E-state index in [9.17, 15) is 4.79 Å². The molecule has 0 radical (unpaired) electrons. The molecule has 2 aromatic carbocycles. The third kappa shape index (κ3) is 4.28. The first-order chi connectivity index (χ1) is 16.2. The Hall–Kier alpha value is -3.46. The van der Waals surface area contributed by atoms with E-state index in [1.54, 1.807) is 37.7 Å². The molecule has 1 saturated heterocycles. The Labute approximate surface area is 195 Å². The van der Waals surface area contributed by atoms with Crippen LogP contribution in [0.3, 0.4) is 0 Å². The summed E-state index contributed by atoms with van der Waals surface area (Å²) in [6.45, 7) is 0.750. The molecule has 33 heavy (non-hydrogen) atoms. The van der Waals surface area contributed by atoms with E-state index < -0.39 is 0 Å². The molecular formula is C24H24N4O4S. The molecule has 1 unspecified atom stereocenters. The lowest BCUT2D eigenvalue weighted by atomic mass is 10.2. The van der Waals surface area contributed by atoms with Crippen LogP contribution in [-0.2, 0) is 11.2 Å². The Bertz CT molecular complexity index is 1250. The monoisotopic (exact) mass is 464 g/mol. The summed E-state index contributed by atoms with van der Waals surface area (Å²) in [6, 6.07) is 13.6. The predicted octanol–water partition coefficient (Wildman–Crippen LogP) is 4.66. The molecule has 1 aliphatic rings. The van der Waals surface area contributed by atoms with Gasteiger partial charge in [0.1, 0.15) is 5.01 Å². The Morgan fingerprint density at radius 2 is 2.00 bits per heavy atom. The first kappa shape index (κ1) is 21.4. The van der Waals surface area contributed by atoms with Gasteiger partial charge in [0.2, 0.25) is 17.6 Å². The normalized spacial score (nSPS) is 15.8. The molecule has 170 valence electrons. The fraction of sp³-hybridized carbons (Fsp3) is 0.333. The van der Waals surface area contributed by atoms with Gasteiger partial charge in [-0.05, 0) is 43.2 Å². The number of likely N-dealkylation sites (tertiary alicyclic amines) is 1. The maximum Gasteiger partial charge on any atom is 0.227 e. The van der Waals surface area contributed by atoms with Gasteiger partial charge in [0.15, 0.2) is 11.5 Å². The van der Waals surface area contributed by atoms with Crippen molar-refractivity contribution in [1.29, 1.82) is 0 Å². The van der Waals surface area contributed by atoms with Crippen LogP contribution in [0.5, 0.6) is 11.5 Å². The fourth-order valence-corrected chi connectivity index (χ4v) is 5.28. The zero-order valence-electron chi connectivity index (χ0n) is 18.5. The van der Waals surface area contributed by atoms with Gasteiger partial charge in [-0.25, -0.2) is 4.98 Å². The molecule has 9 heteroatoms. The van der Waals surface area contributed by atoms with Crippen LogP contribution in [0.25, 0.3) is 21.6 Å². The topological polar surface area (TPSA) is 90.6 Å². The van der Waals surface area contributed by atoms with Crippen molar-refractivity contribution in [1.82, 2.24) is 20.0 Å². The Balaban J connectivity index is 1.25. The maximum atomic E-state index is 13.0. The number of fused-ring (bicyclic) bond motifs is 1. The molecule has 0 aliphatic carbocycles. The molecule has 0 bridgehead atoms. The SMILES string of the molecule is COc1ccc(-c2noc(CCC(=O)N3CCCC3c3nc4ccccc4s3)n2)cc1OC. The fourth-order valence-electron chi connectivity index (χ4n) is 4.16. The van der Waals surface area contributed by atoms with Crippen molar-refractivity contribution < 1.29 is 18.8 Å². The van der Waals surface area contributed by atoms with Crippen molar-refractivity contribution in [2.75, 3.05) is 20.8 Å². The Morgan fingerprint density at radius 3 is 2.82 bits per heavy atom. The van der Waals surface area contributed by atoms with Crippen LogP contribution in [0.4, 0.5) is 0 Å². The third-order valence-corrected chi connectivity index (χ3v) is 6.97. The van der Waals surface area contributed by atoms with Crippen molar-refractivity contribution in [3.8, 4) is 22.9 Å². The highest BCUT2D eigenvalue weighted by Gasteiger charge is 2.32. The number of hydrogen-bond donors (Lipinski definition) is 0. The molecule has 0 N–H and O–H groups in total. The standard InChI is InChI=1S/C24H24N4O4S/c1-30-18-10-9-15(14-19(18)31-2)23-26-21(32-27-23)11-12-22(29)28-13-5-7-17(28)24-25-16-6-3-4-8-20(16)33-24/h3-4,6,8-10,14,17H,5,7,11-13H2,1-2H3. The zero-order valence-corrected chi connectivity index (χ0v) is 19.3. The van der Waals surface area contributed by atoms with Gasteiger partial charge in [-0.2, -0.15) is 4.98 Å². The number of nitrogens with zero attached hydrogens (tertiary/aromatic N) is 4. The van der Waals surface area contributed by atoms with Crippen LogP contribution in [0.2, 0.25) is 0 Å². The summed E-state index contributed by atoms with van der Waals surface area (Å²) in [5.74, 6) is 2.19. The summed E-state index contributed by atoms with van der Waals surface area (Å²) in [6.07, 6.45) is 2.63. The molecule has 1 amide bonds. The summed E-state index contributed by atoms with van der Waals surface area (Å²) in [5.41, 5.74) is 1.75. The van der Waals surface area contributed by atoms with Crippen LogP contribution in [-0.4, -0.2) is 46.7 Å². The molecule has 0 saturated carbocycles. The highest BCUT2D eigenvalue weighted by atomic mass is 32.1. The minimum atomic E-state index is 0.0416. The lowest BCUT2D eigenvalue weighted by Crippen LogP contribution is -2.30. The lowest BCUT2D eigenvalue weighted by molar-refractivity contribution is -0.132. The number of benzene rings is 2. The first-order valence-corrected chi connectivity index (χ1v) is 11.7. The number of para-hydroxylation sites is 1. The van der Waals surface area contributed by atoms with Gasteiger partial charge in [-0.1, -0.05) is 17.3 Å². The summed E-state index contributed by atoms with van der Waals surface area (Å²) < 4.78 is 17.2. The molecule has 1 atom stereocenters. The average molecular weight is 465 g/mol. The van der Waals surface area contributed by atoms with Gasteiger partial charge < -0.3 is 18.9 Å². The second-order valence-electron chi connectivity index (χ2n) is 7.85. The van der Waals surface area contributed by atoms with Crippen LogP contribution in [0, 0.1) is 0 Å². The van der Waals surface area contributed by atoms with E-state index in [1.165, 1.54) is 0 Å². The minimum absolute atomic E-state index is 0.0416. The number of carbonyl (C=O) groups is 1. The smallest absolute Gasteiger partial charge is 0.227 e. The number of carbonyl (C=O) groups excluding carboxylic acids is 1.